The Hall–Kier alpha value is -1.85. The van der Waals surface area contributed by atoms with E-state index < -0.39 is 6.04 Å². The van der Waals surface area contributed by atoms with Gasteiger partial charge >= 0.3 is 0 Å². The van der Waals surface area contributed by atoms with Crippen molar-refractivity contribution in [2.75, 3.05) is 0 Å². The van der Waals surface area contributed by atoms with Gasteiger partial charge in [-0.1, -0.05) is 12.1 Å². The third-order valence-corrected chi connectivity index (χ3v) is 3.97. The van der Waals surface area contributed by atoms with Gasteiger partial charge in [0.15, 0.2) is 0 Å². The summed E-state index contributed by atoms with van der Waals surface area (Å²) >= 11 is 1.65. The van der Waals surface area contributed by atoms with Crippen LogP contribution in [-0.4, -0.2) is 23.1 Å². The fraction of sp³-hybridized carbons (Fsp3) is 0.312. The summed E-state index contributed by atoms with van der Waals surface area (Å²) in [4.78, 5) is 12.1. The van der Waals surface area contributed by atoms with E-state index in [-0.39, 0.29) is 17.7 Å². The van der Waals surface area contributed by atoms with Gasteiger partial charge in [0.2, 0.25) is 5.91 Å². The molecule has 0 aliphatic heterocycles. The number of carbonyl (C=O) groups excluding carboxylic acids is 1. The SMILES string of the molecule is CC(Cc1ccsc1)NC(=O)[C@H](N)Cc1ccc(O)cc1. The molecule has 1 heterocycles. The van der Waals surface area contributed by atoms with Crippen LogP contribution in [0.5, 0.6) is 5.75 Å². The lowest BCUT2D eigenvalue weighted by Gasteiger charge is -2.17. The molecule has 1 unspecified atom stereocenters. The van der Waals surface area contributed by atoms with Gasteiger partial charge in [-0.25, -0.2) is 0 Å². The van der Waals surface area contributed by atoms with E-state index in [1.807, 2.05) is 12.3 Å². The number of nitrogens with one attached hydrogen (secondary N) is 1. The van der Waals surface area contributed by atoms with E-state index in [1.54, 1.807) is 35.6 Å². The molecule has 2 atom stereocenters. The van der Waals surface area contributed by atoms with Gasteiger partial charge in [-0.15, -0.1) is 0 Å². The largest absolute Gasteiger partial charge is 0.508 e. The zero-order chi connectivity index (χ0) is 15.2. The topological polar surface area (TPSA) is 75.4 Å². The van der Waals surface area contributed by atoms with E-state index in [2.05, 4.69) is 16.8 Å². The highest BCUT2D eigenvalue weighted by Crippen LogP contribution is 2.11. The molecule has 0 saturated carbocycles. The monoisotopic (exact) mass is 304 g/mol. The molecular formula is C16H20N2O2S. The van der Waals surface area contributed by atoms with Crippen LogP contribution in [0.4, 0.5) is 0 Å². The van der Waals surface area contributed by atoms with Crippen molar-refractivity contribution in [1.29, 1.82) is 0 Å². The van der Waals surface area contributed by atoms with Gasteiger partial charge in [0.25, 0.3) is 0 Å². The Balaban J connectivity index is 1.83. The summed E-state index contributed by atoms with van der Waals surface area (Å²) in [5, 5.41) is 16.3. The molecule has 0 radical (unpaired) electrons. The lowest BCUT2D eigenvalue weighted by Crippen LogP contribution is -2.46. The fourth-order valence-corrected chi connectivity index (χ4v) is 2.82. The maximum Gasteiger partial charge on any atom is 0.237 e. The molecule has 4 N–H and O–H groups in total. The summed E-state index contributed by atoms with van der Waals surface area (Å²) < 4.78 is 0. The third kappa shape index (κ3) is 4.88. The fourth-order valence-electron chi connectivity index (χ4n) is 2.14. The van der Waals surface area contributed by atoms with Crippen molar-refractivity contribution in [3.8, 4) is 5.75 Å². The Kier molecular flexibility index (Phi) is 5.36. The first-order valence-electron chi connectivity index (χ1n) is 6.89. The first-order valence-corrected chi connectivity index (χ1v) is 7.84. The molecule has 0 aliphatic rings. The number of amides is 1. The van der Waals surface area contributed by atoms with Crippen molar-refractivity contribution in [2.24, 2.45) is 5.73 Å². The second-order valence-electron chi connectivity index (χ2n) is 5.22. The first kappa shape index (κ1) is 15.5. The molecule has 0 saturated heterocycles. The molecule has 4 nitrogen and oxygen atoms in total. The highest BCUT2D eigenvalue weighted by molar-refractivity contribution is 7.07. The molecule has 2 aromatic rings. The first-order chi connectivity index (χ1) is 10.0. The van der Waals surface area contributed by atoms with Crippen LogP contribution >= 0.6 is 11.3 Å². The summed E-state index contributed by atoms with van der Waals surface area (Å²) in [6.07, 6.45) is 1.26. The summed E-state index contributed by atoms with van der Waals surface area (Å²) in [7, 11) is 0. The summed E-state index contributed by atoms with van der Waals surface area (Å²) in [6, 6.07) is 8.27. The minimum Gasteiger partial charge on any atom is -0.508 e. The minimum absolute atomic E-state index is 0.0537. The van der Waals surface area contributed by atoms with Crippen molar-refractivity contribution in [3.63, 3.8) is 0 Å². The van der Waals surface area contributed by atoms with E-state index in [9.17, 15) is 9.90 Å². The molecule has 1 amide bonds. The van der Waals surface area contributed by atoms with E-state index in [4.69, 9.17) is 5.73 Å². The Morgan fingerprint density at radius 1 is 1.24 bits per heavy atom. The molecule has 1 aromatic heterocycles. The highest BCUT2D eigenvalue weighted by atomic mass is 32.1. The molecule has 2 rings (SSSR count). The number of hydrogen-bond acceptors (Lipinski definition) is 4. The Labute approximate surface area is 128 Å². The van der Waals surface area contributed by atoms with Crippen molar-refractivity contribution >= 4 is 17.2 Å². The summed E-state index contributed by atoms with van der Waals surface area (Å²) in [6.45, 7) is 1.98. The quantitative estimate of drug-likeness (QED) is 0.765. The van der Waals surface area contributed by atoms with Gasteiger partial charge in [-0.05, 0) is 59.9 Å². The Morgan fingerprint density at radius 2 is 1.95 bits per heavy atom. The number of nitrogens with two attached hydrogens (primary N) is 1. The average molecular weight is 304 g/mol. The van der Waals surface area contributed by atoms with Gasteiger partial charge in [0.1, 0.15) is 5.75 Å². The van der Waals surface area contributed by atoms with Crippen LogP contribution in [0.15, 0.2) is 41.1 Å². The van der Waals surface area contributed by atoms with Crippen LogP contribution in [0.25, 0.3) is 0 Å². The number of aromatic hydroxyl groups is 1. The van der Waals surface area contributed by atoms with Crippen molar-refractivity contribution in [3.05, 3.63) is 52.2 Å². The second-order valence-corrected chi connectivity index (χ2v) is 6.00. The van der Waals surface area contributed by atoms with E-state index in [0.717, 1.165) is 12.0 Å². The van der Waals surface area contributed by atoms with Crippen LogP contribution < -0.4 is 11.1 Å². The maximum atomic E-state index is 12.1. The predicted octanol–water partition coefficient (Wildman–Crippen LogP) is 2.07. The molecule has 0 fully saturated rings. The number of thiophene rings is 1. The van der Waals surface area contributed by atoms with Crippen LogP contribution in [0.3, 0.4) is 0 Å². The summed E-state index contributed by atoms with van der Waals surface area (Å²) in [5.41, 5.74) is 8.09. The number of benzene rings is 1. The van der Waals surface area contributed by atoms with Crippen molar-refractivity contribution < 1.29 is 9.90 Å². The Morgan fingerprint density at radius 3 is 2.57 bits per heavy atom. The Bertz CT molecular complexity index is 566. The number of phenolic OH excluding ortho intramolecular Hbond substituents is 1. The van der Waals surface area contributed by atoms with E-state index in [0.29, 0.717) is 6.42 Å². The van der Waals surface area contributed by atoms with E-state index >= 15 is 0 Å². The second kappa shape index (κ2) is 7.24. The van der Waals surface area contributed by atoms with Crippen LogP contribution in [0.1, 0.15) is 18.1 Å². The lowest BCUT2D eigenvalue weighted by atomic mass is 10.0. The number of rotatable bonds is 6. The molecule has 0 bridgehead atoms. The van der Waals surface area contributed by atoms with Crippen LogP contribution in [0.2, 0.25) is 0 Å². The number of hydrogen-bond donors (Lipinski definition) is 3. The smallest absolute Gasteiger partial charge is 0.237 e. The zero-order valence-electron chi connectivity index (χ0n) is 12.0. The molecule has 112 valence electrons. The van der Waals surface area contributed by atoms with Crippen molar-refractivity contribution in [1.82, 2.24) is 5.32 Å². The third-order valence-electron chi connectivity index (χ3n) is 3.24. The van der Waals surface area contributed by atoms with E-state index in [1.165, 1.54) is 5.56 Å². The van der Waals surface area contributed by atoms with Gasteiger partial charge in [0.05, 0.1) is 6.04 Å². The highest BCUT2D eigenvalue weighted by Gasteiger charge is 2.16. The minimum atomic E-state index is -0.584. The van der Waals surface area contributed by atoms with Gasteiger partial charge < -0.3 is 16.2 Å². The molecule has 21 heavy (non-hydrogen) atoms. The van der Waals surface area contributed by atoms with Crippen molar-refractivity contribution in [2.45, 2.75) is 31.8 Å². The molecule has 0 spiro atoms. The maximum absolute atomic E-state index is 12.1. The zero-order valence-corrected chi connectivity index (χ0v) is 12.8. The van der Waals surface area contributed by atoms with Crippen LogP contribution in [0, 0.1) is 0 Å². The molecule has 1 aromatic carbocycles. The normalized spacial score (nSPS) is 13.6. The standard InChI is InChI=1S/C16H20N2O2S/c1-11(8-13-6-7-21-10-13)18-16(20)15(17)9-12-2-4-14(19)5-3-12/h2-7,10-11,15,19H,8-9,17H2,1H3,(H,18,20)/t11?,15-/m1/s1. The summed E-state index contributed by atoms with van der Waals surface area (Å²) in [5.74, 6) is 0.0620. The number of carbonyl (C=O) groups is 1. The molecule has 5 heteroatoms. The van der Waals surface area contributed by atoms with Gasteiger partial charge in [0, 0.05) is 6.04 Å². The molecular weight excluding hydrogens is 284 g/mol. The van der Waals surface area contributed by atoms with Crippen LogP contribution in [-0.2, 0) is 17.6 Å². The average Bonchev–Trinajstić information content (AvgIpc) is 2.94. The van der Waals surface area contributed by atoms with Gasteiger partial charge in [-0.2, -0.15) is 11.3 Å². The molecule has 0 aliphatic carbocycles. The predicted molar refractivity (Wildman–Crippen MR) is 85.4 cm³/mol. The number of phenols is 1. The lowest BCUT2D eigenvalue weighted by molar-refractivity contribution is -0.122. The van der Waals surface area contributed by atoms with Gasteiger partial charge in [-0.3, -0.25) is 4.79 Å².